The van der Waals surface area contributed by atoms with E-state index in [1.54, 1.807) is 0 Å². The maximum absolute atomic E-state index is 4.23. The predicted molar refractivity (Wildman–Crippen MR) is 61.7 cm³/mol. The number of rotatable bonds is 4. The van der Waals surface area contributed by atoms with Crippen molar-refractivity contribution in [3.8, 4) is 0 Å². The van der Waals surface area contributed by atoms with Crippen LogP contribution < -0.4 is 0 Å². The Morgan fingerprint density at radius 1 is 1.40 bits per heavy atom. The van der Waals surface area contributed by atoms with Crippen LogP contribution in [0.25, 0.3) is 0 Å². The lowest BCUT2D eigenvalue weighted by Crippen LogP contribution is -2.37. The molecule has 1 aliphatic heterocycles. The molecule has 0 unspecified atom stereocenters. The van der Waals surface area contributed by atoms with Crippen molar-refractivity contribution in [1.82, 2.24) is 14.7 Å². The Morgan fingerprint density at radius 2 is 2.33 bits per heavy atom. The molecule has 0 amide bonds. The summed E-state index contributed by atoms with van der Waals surface area (Å²) in [5, 5.41) is 4.23. The first-order valence-electron chi connectivity index (χ1n) is 6.08. The van der Waals surface area contributed by atoms with Crippen molar-refractivity contribution in [2.45, 2.75) is 32.7 Å². The number of likely N-dealkylation sites (tertiary alicyclic amines) is 1. The van der Waals surface area contributed by atoms with E-state index in [2.05, 4.69) is 16.9 Å². The van der Waals surface area contributed by atoms with Crippen molar-refractivity contribution in [2.75, 3.05) is 19.6 Å². The lowest BCUT2D eigenvalue weighted by molar-refractivity contribution is 0.165. The molecular weight excluding hydrogens is 186 g/mol. The molecule has 2 rings (SSSR count). The Labute approximate surface area is 92.1 Å². The van der Waals surface area contributed by atoms with Crippen molar-refractivity contribution >= 4 is 0 Å². The lowest BCUT2D eigenvalue weighted by atomic mass is 9.96. The topological polar surface area (TPSA) is 21.1 Å². The fourth-order valence-corrected chi connectivity index (χ4v) is 2.36. The van der Waals surface area contributed by atoms with Crippen molar-refractivity contribution in [1.29, 1.82) is 0 Å². The average Bonchev–Trinajstić information content (AvgIpc) is 2.79. The minimum atomic E-state index is 0.927. The van der Waals surface area contributed by atoms with E-state index in [9.17, 15) is 0 Å². The van der Waals surface area contributed by atoms with Gasteiger partial charge < -0.3 is 4.90 Å². The van der Waals surface area contributed by atoms with Gasteiger partial charge in [0.05, 0.1) is 6.54 Å². The molecule has 0 spiro atoms. The van der Waals surface area contributed by atoms with Crippen LogP contribution in [0.1, 0.15) is 26.2 Å². The summed E-state index contributed by atoms with van der Waals surface area (Å²) in [5.41, 5.74) is 0. The molecule has 1 aromatic heterocycles. The molecule has 0 aliphatic carbocycles. The Bertz CT molecular complexity index is 268. The summed E-state index contributed by atoms with van der Waals surface area (Å²) in [4.78, 5) is 2.58. The number of hydrogen-bond donors (Lipinski definition) is 0. The third kappa shape index (κ3) is 3.06. The fraction of sp³-hybridized carbons (Fsp3) is 0.750. The highest BCUT2D eigenvalue weighted by Crippen LogP contribution is 2.18. The van der Waals surface area contributed by atoms with Crippen LogP contribution in [0.4, 0.5) is 0 Å². The largest absolute Gasteiger partial charge is 0.301 e. The summed E-state index contributed by atoms with van der Waals surface area (Å²) in [7, 11) is 0. The Morgan fingerprint density at radius 3 is 3.07 bits per heavy atom. The zero-order valence-corrected chi connectivity index (χ0v) is 9.60. The molecule has 0 radical (unpaired) electrons. The SMILES string of the molecule is CC[C@H]1CCCN(CCn2cccn2)C1. The first-order chi connectivity index (χ1) is 7.38. The molecule has 0 N–H and O–H groups in total. The Hall–Kier alpha value is -0.830. The minimum absolute atomic E-state index is 0.927. The summed E-state index contributed by atoms with van der Waals surface area (Å²) in [5.74, 6) is 0.927. The van der Waals surface area contributed by atoms with Crippen molar-refractivity contribution in [3.05, 3.63) is 18.5 Å². The van der Waals surface area contributed by atoms with Crippen molar-refractivity contribution < 1.29 is 0 Å². The highest BCUT2D eigenvalue weighted by Gasteiger charge is 2.17. The monoisotopic (exact) mass is 207 g/mol. The van der Waals surface area contributed by atoms with Crippen molar-refractivity contribution in [3.63, 3.8) is 0 Å². The molecule has 1 aliphatic rings. The van der Waals surface area contributed by atoms with Gasteiger partial charge in [-0.05, 0) is 31.4 Å². The van der Waals surface area contributed by atoms with Crippen LogP contribution in [-0.2, 0) is 6.54 Å². The second-order valence-corrected chi connectivity index (χ2v) is 4.49. The molecule has 15 heavy (non-hydrogen) atoms. The molecule has 1 atom stereocenters. The third-order valence-corrected chi connectivity index (χ3v) is 3.38. The van der Waals surface area contributed by atoms with E-state index in [1.165, 1.54) is 32.4 Å². The van der Waals surface area contributed by atoms with Crippen LogP contribution in [0.15, 0.2) is 18.5 Å². The normalized spacial score (nSPS) is 23.1. The first-order valence-corrected chi connectivity index (χ1v) is 6.08. The van der Waals surface area contributed by atoms with Gasteiger partial charge in [0.2, 0.25) is 0 Å². The summed E-state index contributed by atoms with van der Waals surface area (Å²) < 4.78 is 2.02. The van der Waals surface area contributed by atoms with Gasteiger partial charge in [0.25, 0.3) is 0 Å². The molecule has 3 nitrogen and oxygen atoms in total. The van der Waals surface area contributed by atoms with E-state index in [1.807, 2.05) is 23.1 Å². The van der Waals surface area contributed by atoms with E-state index in [-0.39, 0.29) is 0 Å². The Kier molecular flexibility index (Phi) is 3.78. The van der Waals surface area contributed by atoms with E-state index in [0.717, 1.165) is 19.0 Å². The zero-order chi connectivity index (χ0) is 10.5. The summed E-state index contributed by atoms with van der Waals surface area (Å²) >= 11 is 0. The minimum Gasteiger partial charge on any atom is -0.301 e. The van der Waals surface area contributed by atoms with Gasteiger partial charge in [0, 0.05) is 25.5 Å². The molecule has 2 heterocycles. The number of nitrogens with zero attached hydrogens (tertiary/aromatic N) is 3. The van der Waals surface area contributed by atoms with Gasteiger partial charge in [-0.25, -0.2) is 0 Å². The second kappa shape index (κ2) is 5.31. The second-order valence-electron chi connectivity index (χ2n) is 4.49. The third-order valence-electron chi connectivity index (χ3n) is 3.38. The maximum atomic E-state index is 4.23. The lowest BCUT2D eigenvalue weighted by Gasteiger charge is -2.32. The van der Waals surface area contributed by atoms with Crippen LogP contribution in [0.3, 0.4) is 0 Å². The predicted octanol–water partition coefficient (Wildman–Crippen LogP) is 2.01. The Balaban J connectivity index is 1.74. The van der Waals surface area contributed by atoms with Crippen LogP contribution in [0.5, 0.6) is 0 Å². The fourth-order valence-electron chi connectivity index (χ4n) is 2.36. The molecule has 3 heteroatoms. The van der Waals surface area contributed by atoms with E-state index in [0.29, 0.717) is 0 Å². The molecule has 1 fully saturated rings. The highest BCUT2D eigenvalue weighted by molar-refractivity contribution is 4.78. The van der Waals surface area contributed by atoms with E-state index in [4.69, 9.17) is 0 Å². The molecule has 0 aromatic carbocycles. The number of aromatic nitrogens is 2. The average molecular weight is 207 g/mol. The summed E-state index contributed by atoms with van der Waals surface area (Å²) in [6.45, 7) is 7.05. The van der Waals surface area contributed by atoms with Gasteiger partial charge in [0.1, 0.15) is 0 Å². The van der Waals surface area contributed by atoms with Crippen LogP contribution in [0.2, 0.25) is 0 Å². The highest BCUT2D eigenvalue weighted by atomic mass is 15.3. The molecule has 0 bridgehead atoms. The van der Waals surface area contributed by atoms with E-state index >= 15 is 0 Å². The van der Waals surface area contributed by atoms with Gasteiger partial charge in [-0.3, -0.25) is 4.68 Å². The van der Waals surface area contributed by atoms with Crippen LogP contribution in [0, 0.1) is 5.92 Å². The van der Waals surface area contributed by atoms with Gasteiger partial charge in [-0.15, -0.1) is 0 Å². The maximum Gasteiger partial charge on any atom is 0.0536 e. The first kappa shape index (κ1) is 10.7. The van der Waals surface area contributed by atoms with Crippen LogP contribution in [-0.4, -0.2) is 34.3 Å². The smallest absolute Gasteiger partial charge is 0.0536 e. The molecular formula is C12H21N3. The quantitative estimate of drug-likeness (QED) is 0.753. The van der Waals surface area contributed by atoms with Gasteiger partial charge in [-0.1, -0.05) is 13.3 Å². The number of hydrogen-bond acceptors (Lipinski definition) is 2. The van der Waals surface area contributed by atoms with Gasteiger partial charge >= 0.3 is 0 Å². The van der Waals surface area contributed by atoms with E-state index < -0.39 is 0 Å². The standard InChI is InChI=1S/C12H21N3/c1-2-12-5-3-7-14(11-12)9-10-15-8-4-6-13-15/h4,6,8,12H,2-3,5,7,9-11H2,1H3/t12-/m0/s1. The summed E-state index contributed by atoms with van der Waals surface area (Å²) in [6, 6.07) is 1.99. The number of piperidine rings is 1. The zero-order valence-electron chi connectivity index (χ0n) is 9.60. The molecule has 1 saturated heterocycles. The van der Waals surface area contributed by atoms with Crippen LogP contribution >= 0.6 is 0 Å². The molecule has 1 aromatic rings. The van der Waals surface area contributed by atoms with Crippen molar-refractivity contribution in [2.24, 2.45) is 5.92 Å². The molecule has 0 saturated carbocycles. The van der Waals surface area contributed by atoms with Gasteiger partial charge in [0.15, 0.2) is 0 Å². The van der Waals surface area contributed by atoms with Gasteiger partial charge in [-0.2, -0.15) is 5.10 Å². The molecule has 84 valence electrons. The summed E-state index contributed by atoms with van der Waals surface area (Å²) in [6.07, 6.45) is 8.02.